The van der Waals surface area contributed by atoms with Crippen LogP contribution in [0.2, 0.25) is 0 Å². The maximum atomic E-state index is 12.3. The smallest absolute Gasteiger partial charge is 0.266 e. The number of aliphatic hydroxyl groups is 1. The van der Waals surface area contributed by atoms with E-state index in [1.807, 2.05) is 12.1 Å². The van der Waals surface area contributed by atoms with Crippen LogP contribution in [0.5, 0.6) is 0 Å². The number of hydrogen-bond acceptors (Lipinski definition) is 6. The van der Waals surface area contributed by atoms with E-state index in [4.69, 9.17) is 0 Å². The third-order valence-corrected chi connectivity index (χ3v) is 6.06. The van der Waals surface area contributed by atoms with Crippen LogP contribution < -0.4 is 5.56 Å². The number of rotatable bonds is 5. The maximum absolute atomic E-state index is 12.3. The Morgan fingerprint density at radius 1 is 1.27 bits per heavy atom. The zero-order chi connectivity index (χ0) is 21.1. The summed E-state index contributed by atoms with van der Waals surface area (Å²) in [7, 11) is 0. The van der Waals surface area contributed by atoms with Crippen molar-refractivity contribution < 1.29 is 9.90 Å². The van der Waals surface area contributed by atoms with Crippen molar-refractivity contribution in [2.45, 2.75) is 38.3 Å². The first kappa shape index (κ1) is 20.7. The third-order valence-electron chi connectivity index (χ3n) is 6.06. The highest BCUT2D eigenvalue weighted by Gasteiger charge is 2.38. The average molecular weight is 412 g/mol. The van der Waals surface area contributed by atoms with Gasteiger partial charge >= 0.3 is 0 Å². The predicted octanol–water partition coefficient (Wildman–Crippen LogP) is 1.00. The van der Waals surface area contributed by atoms with E-state index < -0.39 is 5.60 Å². The van der Waals surface area contributed by atoms with Gasteiger partial charge in [-0.25, -0.2) is 4.68 Å². The largest absolute Gasteiger partial charge is 0.387 e. The highest BCUT2D eigenvalue weighted by atomic mass is 16.3. The van der Waals surface area contributed by atoms with Crippen LogP contribution >= 0.6 is 0 Å². The fourth-order valence-corrected chi connectivity index (χ4v) is 4.50. The molecular formula is C22H29N5O3. The Morgan fingerprint density at radius 3 is 2.83 bits per heavy atom. The lowest BCUT2D eigenvalue weighted by Gasteiger charge is -2.44. The molecular weight excluding hydrogens is 382 g/mol. The Hall–Kier alpha value is -2.58. The van der Waals surface area contributed by atoms with Crippen molar-refractivity contribution in [3.05, 3.63) is 47.0 Å². The van der Waals surface area contributed by atoms with E-state index in [9.17, 15) is 14.7 Å². The predicted molar refractivity (Wildman–Crippen MR) is 113 cm³/mol. The van der Waals surface area contributed by atoms with Crippen LogP contribution in [-0.2, 0) is 11.3 Å². The topological polar surface area (TPSA) is 91.6 Å². The second-order valence-electron chi connectivity index (χ2n) is 8.66. The summed E-state index contributed by atoms with van der Waals surface area (Å²) in [5.41, 5.74) is 0.645. The Bertz CT molecular complexity index is 941. The highest BCUT2D eigenvalue weighted by molar-refractivity contribution is 5.73. The van der Waals surface area contributed by atoms with E-state index in [0.717, 1.165) is 43.7 Å². The van der Waals surface area contributed by atoms with E-state index in [-0.39, 0.29) is 11.5 Å². The van der Waals surface area contributed by atoms with Crippen molar-refractivity contribution in [1.29, 1.82) is 0 Å². The number of β-amino-alcohol motifs (C(OH)–C–C–N with tert-alkyl or cyclic N) is 1. The van der Waals surface area contributed by atoms with E-state index >= 15 is 0 Å². The van der Waals surface area contributed by atoms with Gasteiger partial charge in [0.25, 0.3) is 5.56 Å². The quantitative estimate of drug-likeness (QED) is 0.789. The molecule has 0 bridgehead atoms. The van der Waals surface area contributed by atoms with Crippen molar-refractivity contribution in [3.63, 3.8) is 0 Å². The summed E-state index contributed by atoms with van der Waals surface area (Å²) in [6.07, 6.45) is 6.02. The number of hydrogen-bond donors (Lipinski definition) is 1. The van der Waals surface area contributed by atoms with Gasteiger partial charge in [-0.3, -0.25) is 19.5 Å². The van der Waals surface area contributed by atoms with Gasteiger partial charge in [-0.1, -0.05) is 0 Å². The first-order valence-electron chi connectivity index (χ1n) is 10.6. The second kappa shape index (κ2) is 8.65. The van der Waals surface area contributed by atoms with Gasteiger partial charge in [-0.05, 0) is 37.5 Å². The van der Waals surface area contributed by atoms with Crippen LogP contribution in [0.15, 0.2) is 41.5 Å². The molecule has 0 radical (unpaired) electrons. The summed E-state index contributed by atoms with van der Waals surface area (Å²) in [5, 5.41) is 15.6. The van der Waals surface area contributed by atoms with Crippen molar-refractivity contribution in [1.82, 2.24) is 24.6 Å². The Labute approximate surface area is 176 Å². The molecule has 1 amide bonds. The molecule has 0 spiro atoms. The van der Waals surface area contributed by atoms with Crippen LogP contribution in [-0.4, -0.2) is 73.9 Å². The molecule has 2 aromatic heterocycles. The van der Waals surface area contributed by atoms with Crippen LogP contribution in [0.1, 0.15) is 26.2 Å². The van der Waals surface area contributed by atoms with Gasteiger partial charge in [0.15, 0.2) is 0 Å². The second-order valence-corrected chi connectivity index (χ2v) is 8.66. The molecule has 160 valence electrons. The van der Waals surface area contributed by atoms with Gasteiger partial charge in [-0.2, -0.15) is 5.10 Å². The van der Waals surface area contributed by atoms with Crippen molar-refractivity contribution in [2.75, 3.05) is 32.7 Å². The summed E-state index contributed by atoms with van der Waals surface area (Å²) in [6.45, 7) is 5.43. The standard InChI is InChI=1S/C22H29N5O3/c1-17(28)26-10-3-2-8-22(30,16-26)15-25-12-18(13-25)14-27-21(29)7-6-20(24-27)19-5-4-9-23-11-19/h4-7,9,11,18,30H,2-3,8,10,12-16H2,1H3. The molecule has 0 aromatic carbocycles. The average Bonchev–Trinajstić information content (AvgIpc) is 2.90. The monoisotopic (exact) mass is 411 g/mol. The molecule has 0 saturated carbocycles. The van der Waals surface area contributed by atoms with Gasteiger partial charge in [0.1, 0.15) is 0 Å². The number of carbonyl (C=O) groups excluding carboxylic acids is 1. The Kier molecular flexibility index (Phi) is 5.97. The van der Waals surface area contributed by atoms with E-state index in [2.05, 4.69) is 15.0 Å². The molecule has 2 fully saturated rings. The zero-order valence-electron chi connectivity index (χ0n) is 17.4. The molecule has 2 saturated heterocycles. The molecule has 1 N–H and O–H groups in total. The Morgan fingerprint density at radius 2 is 2.10 bits per heavy atom. The lowest BCUT2D eigenvalue weighted by atomic mass is 9.92. The molecule has 2 aliphatic rings. The molecule has 4 rings (SSSR count). The van der Waals surface area contributed by atoms with Crippen molar-refractivity contribution >= 4 is 5.91 Å². The van der Waals surface area contributed by atoms with Gasteiger partial charge in [0, 0.05) is 63.0 Å². The highest BCUT2D eigenvalue weighted by Crippen LogP contribution is 2.26. The number of pyridine rings is 1. The molecule has 1 atom stereocenters. The fraction of sp³-hybridized carbons (Fsp3) is 0.545. The summed E-state index contributed by atoms with van der Waals surface area (Å²) in [5.74, 6) is 0.341. The van der Waals surface area contributed by atoms with Crippen molar-refractivity contribution in [3.8, 4) is 11.3 Å². The number of likely N-dealkylation sites (tertiary alicyclic amines) is 2. The summed E-state index contributed by atoms with van der Waals surface area (Å²) < 4.78 is 1.53. The van der Waals surface area contributed by atoms with E-state index in [0.29, 0.717) is 32.0 Å². The third kappa shape index (κ3) is 4.76. The van der Waals surface area contributed by atoms with Gasteiger partial charge in [0.2, 0.25) is 5.91 Å². The maximum Gasteiger partial charge on any atom is 0.266 e. The fourth-order valence-electron chi connectivity index (χ4n) is 4.50. The zero-order valence-corrected chi connectivity index (χ0v) is 17.4. The number of amides is 1. The SMILES string of the molecule is CC(=O)N1CCCCC(O)(CN2CC(Cn3nc(-c4cccnc4)ccc3=O)C2)C1. The van der Waals surface area contributed by atoms with E-state index in [1.54, 1.807) is 36.4 Å². The molecule has 0 aliphatic carbocycles. The summed E-state index contributed by atoms with van der Waals surface area (Å²) in [4.78, 5) is 32.1. The van der Waals surface area contributed by atoms with Gasteiger partial charge in [-0.15, -0.1) is 0 Å². The first-order chi connectivity index (χ1) is 14.4. The number of aromatic nitrogens is 3. The van der Waals surface area contributed by atoms with Crippen LogP contribution in [0.3, 0.4) is 0 Å². The molecule has 4 heterocycles. The lowest BCUT2D eigenvalue weighted by molar-refractivity contribution is -0.133. The molecule has 2 aliphatic heterocycles. The summed E-state index contributed by atoms with van der Waals surface area (Å²) >= 11 is 0. The van der Waals surface area contributed by atoms with Crippen LogP contribution in [0.4, 0.5) is 0 Å². The molecule has 8 heteroatoms. The molecule has 1 unspecified atom stereocenters. The minimum atomic E-state index is -0.859. The number of nitrogens with zero attached hydrogens (tertiary/aromatic N) is 5. The molecule has 8 nitrogen and oxygen atoms in total. The molecule has 30 heavy (non-hydrogen) atoms. The van der Waals surface area contributed by atoms with Crippen LogP contribution in [0, 0.1) is 5.92 Å². The Balaban J connectivity index is 1.35. The normalized spacial score (nSPS) is 23.1. The van der Waals surface area contributed by atoms with Gasteiger partial charge < -0.3 is 10.0 Å². The van der Waals surface area contributed by atoms with E-state index in [1.165, 1.54) is 4.68 Å². The van der Waals surface area contributed by atoms with Crippen LogP contribution in [0.25, 0.3) is 11.3 Å². The molecule has 2 aromatic rings. The minimum absolute atomic E-state index is 0.0239. The number of carbonyl (C=O) groups is 1. The van der Waals surface area contributed by atoms with Crippen molar-refractivity contribution in [2.24, 2.45) is 5.92 Å². The van der Waals surface area contributed by atoms with Gasteiger partial charge in [0.05, 0.1) is 24.4 Å². The lowest BCUT2D eigenvalue weighted by Crippen LogP contribution is -2.58. The first-order valence-corrected chi connectivity index (χ1v) is 10.6. The minimum Gasteiger partial charge on any atom is -0.387 e. The summed E-state index contributed by atoms with van der Waals surface area (Å²) in [6, 6.07) is 7.05.